The van der Waals surface area contributed by atoms with Gasteiger partial charge < -0.3 is 0 Å². The number of β-amino-alcohol motifs (C(OH)–C–C–N with tert-alkyl or cyclic N) is 1. The number of aromatic amines is 1. The van der Waals surface area contributed by atoms with E-state index < -0.39 is 11.5 Å². The van der Waals surface area contributed by atoms with Gasteiger partial charge in [-0.05, 0) is 0 Å². The van der Waals surface area contributed by atoms with E-state index in [1.54, 1.807) is 6.92 Å². The van der Waals surface area contributed by atoms with Crippen molar-refractivity contribution in [1.29, 1.82) is 0 Å². The van der Waals surface area contributed by atoms with Crippen molar-refractivity contribution >= 4 is 36.1 Å². The van der Waals surface area contributed by atoms with Crippen LogP contribution in [0.1, 0.15) is 67.7 Å². The van der Waals surface area contributed by atoms with Crippen LogP contribution in [0.4, 0.5) is 0 Å². The zero-order valence-electron chi connectivity index (χ0n) is 18.0. The zero-order chi connectivity index (χ0) is 22.2. The van der Waals surface area contributed by atoms with E-state index in [0.717, 1.165) is 32.4 Å². The third-order valence-electron chi connectivity index (χ3n) is 5.26. The first-order valence-electron chi connectivity index (χ1n) is 9.83. The summed E-state index contributed by atoms with van der Waals surface area (Å²) < 4.78 is 0. The molecular weight excluding hydrogens is 403 g/mol. The Morgan fingerprint density at radius 3 is 2.60 bits per heavy atom. The van der Waals surface area contributed by atoms with Crippen LogP contribution >= 0.6 is 11.3 Å². The summed E-state index contributed by atoms with van der Waals surface area (Å²) in [6.07, 6.45) is 1.10. The number of H-pyrrole nitrogens is 1. The van der Waals surface area contributed by atoms with Crippen LogP contribution in [-0.2, 0) is 11.3 Å². The van der Waals surface area contributed by atoms with Gasteiger partial charge in [-0.2, -0.15) is 0 Å². The number of carbonyl (C=O) groups is 2. The van der Waals surface area contributed by atoms with Gasteiger partial charge in [-0.3, -0.25) is 0 Å². The Bertz CT molecular complexity index is 991. The number of hydroxylamine groups is 2. The monoisotopic (exact) mass is 430 g/mol. The number of aromatic nitrogens is 2. The van der Waals surface area contributed by atoms with E-state index in [1.807, 2.05) is 20.8 Å². The molecule has 0 aliphatic carbocycles. The third-order valence-corrected chi connectivity index (χ3v) is 6.55. The molecule has 30 heavy (non-hydrogen) atoms. The second kappa shape index (κ2) is 8.45. The van der Waals surface area contributed by atoms with Crippen molar-refractivity contribution in [2.75, 3.05) is 20.2 Å². The molecule has 10 heteroatoms. The van der Waals surface area contributed by atoms with Crippen LogP contribution < -0.4 is 5.32 Å². The van der Waals surface area contributed by atoms with E-state index in [-0.39, 0.29) is 19.1 Å². The van der Waals surface area contributed by atoms with Crippen molar-refractivity contribution in [3.8, 4) is 0 Å². The second-order valence-electron chi connectivity index (χ2n) is 7.84. The summed E-state index contributed by atoms with van der Waals surface area (Å²) in [7, 11) is 5.64. The van der Waals surface area contributed by atoms with E-state index in [0.29, 0.717) is 28.8 Å². The molecule has 3 rings (SSSR count). The number of amides is 2. The average Bonchev–Trinajstić information content (AvgIpc) is 3.37. The van der Waals surface area contributed by atoms with Crippen LogP contribution in [0.5, 0.6) is 0 Å². The number of nitrogens with zero attached hydrogens (tertiary/aromatic N) is 2. The van der Waals surface area contributed by atoms with Crippen LogP contribution in [0, 0.1) is 13.8 Å². The van der Waals surface area contributed by atoms with Crippen molar-refractivity contribution in [1.82, 2.24) is 20.6 Å². The maximum atomic E-state index is 13.5. The van der Waals surface area contributed by atoms with Crippen LogP contribution in [0.15, 0.2) is 0 Å². The van der Waals surface area contributed by atoms with Gasteiger partial charge >= 0.3 is 180 Å². The first-order valence-corrected chi connectivity index (χ1v) is 10.6. The average molecular weight is 430 g/mol. The molecule has 3 heterocycles. The van der Waals surface area contributed by atoms with E-state index in [1.165, 1.54) is 18.4 Å². The van der Waals surface area contributed by atoms with Gasteiger partial charge in [0.1, 0.15) is 0 Å². The van der Waals surface area contributed by atoms with Gasteiger partial charge in [0.2, 0.25) is 0 Å². The fourth-order valence-corrected chi connectivity index (χ4v) is 4.79. The van der Waals surface area contributed by atoms with E-state index >= 15 is 0 Å². The minimum absolute atomic E-state index is 0.0159. The number of aliphatic hydroxyl groups is 1. The van der Waals surface area contributed by atoms with Crippen LogP contribution in [0.2, 0.25) is 0 Å². The molecule has 1 atom stereocenters. The number of carbonyl (C=O) groups excluding carboxylic acids is 2. The van der Waals surface area contributed by atoms with Crippen molar-refractivity contribution in [2.45, 2.75) is 46.1 Å². The molecule has 1 unspecified atom stereocenters. The van der Waals surface area contributed by atoms with Crippen LogP contribution in [0.25, 0.3) is 0 Å². The molecule has 2 aromatic heterocycles. The summed E-state index contributed by atoms with van der Waals surface area (Å²) in [5, 5.41) is 21.2. The number of thiophene rings is 1. The Kier molecular flexibility index (Phi) is 6.30. The molecule has 3 N–H and O–H groups in total. The van der Waals surface area contributed by atoms with Gasteiger partial charge in [0, 0.05) is 0 Å². The fraction of sp³-hybridized carbons (Fsp3) is 0.500. The molecule has 1 aliphatic heterocycles. The molecule has 2 aromatic rings. The molecule has 0 aromatic carbocycles. The summed E-state index contributed by atoms with van der Waals surface area (Å²) in [6.45, 7) is 7.44. The molecular formula is C20H27BN4O4S. The molecule has 1 saturated heterocycles. The van der Waals surface area contributed by atoms with Gasteiger partial charge in [0.25, 0.3) is 0 Å². The SMILES string of the molecule is B=C(CC)c1sc(Cc2c(C)n[nH]c2C)c(C(=O)N2CC(C)(O)CO2)c1C(=O)NC. The molecule has 2 amide bonds. The normalized spacial score (nSPS) is 18.6. The second-order valence-corrected chi connectivity index (χ2v) is 8.95. The van der Waals surface area contributed by atoms with Gasteiger partial charge in [-0.15, -0.1) is 0 Å². The Morgan fingerprint density at radius 2 is 2.10 bits per heavy atom. The summed E-state index contributed by atoms with van der Waals surface area (Å²) in [5.74, 6) is -0.788. The van der Waals surface area contributed by atoms with E-state index in [9.17, 15) is 14.7 Å². The third kappa shape index (κ3) is 4.12. The van der Waals surface area contributed by atoms with Gasteiger partial charge in [-0.25, -0.2) is 0 Å². The molecule has 0 saturated carbocycles. The molecule has 0 spiro atoms. The fourth-order valence-electron chi connectivity index (χ4n) is 3.45. The standard InChI is InChI=1S/C20H27BN4O4S/c1-6-13(21)17-16(18(26)22-5)15(19(27)25-8-20(4,28)9-29-25)14(30-17)7-12-10(2)23-24-11(12)3/h21,28H,6-9H2,1-5H3,(H,22,26)(H,23,24). The van der Waals surface area contributed by atoms with Gasteiger partial charge in [0.15, 0.2) is 0 Å². The summed E-state index contributed by atoms with van der Waals surface area (Å²) in [4.78, 5) is 33.2. The first-order chi connectivity index (χ1) is 14.1. The molecule has 160 valence electrons. The van der Waals surface area contributed by atoms with Crippen molar-refractivity contribution in [3.05, 3.63) is 37.8 Å². The summed E-state index contributed by atoms with van der Waals surface area (Å²) in [6, 6.07) is 0. The maximum absolute atomic E-state index is 13.5. The Labute approximate surface area is 180 Å². The minimum atomic E-state index is -1.13. The number of rotatable bonds is 6. The van der Waals surface area contributed by atoms with E-state index in [2.05, 4.69) is 23.0 Å². The van der Waals surface area contributed by atoms with Crippen LogP contribution in [-0.4, -0.2) is 70.9 Å². The number of nitrogens with one attached hydrogen (secondary N) is 2. The van der Waals surface area contributed by atoms with E-state index in [4.69, 9.17) is 4.84 Å². The predicted octanol–water partition coefficient (Wildman–Crippen LogP) is 1.01. The van der Waals surface area contributed by atoms with Gasteiger partial charge in [-0.1, -0.05) is 0 Å². The van der Waals surface area contributed by atoms with Crippen molar-refractivity contribution in [3.63, 3.8) is 0 Å². The number of hydrogen-bond acceptors (Lipinski definition) is 6. The Balaban J connectivity index is 2.17. The predicted molar refractivity (Wildman–Crippen MR) is 118 cm³/mol. The topological polar surface area (TPSA) is 108 Å². The first kappa shape index (κ1) is 22.4. The van der Waals surface area contributed by atoms with Gasteiger partial charge in [0.05, 0.1) is 0 Å². The zero-order valence-corrected chi connectivity index (χ0v) is 18.8. The Morgan fingerprint density at radius 1 is 1.40 bits per heavy atom. The molecule has 0 bridgehead atoms. The Hall–Kier alpha value is -2.30. The summed E-state index contributed by atoms with van der Waals surface area (Å²) in [5.41, 5.74) is 3.00. The summed E-state index contributed by atoms with van der Waals surface area (Å²) >= 11 is 1.40. The number of aryl methyl sites for hydroxylation is 2. The molecule has 1 fully saturated rings. The number of hydrogen-bond donors (Lipinski definition) is 3. The van der Waals surface area contributed by atoms with Crippen molar-refractivity contribution < 1.29 is 19.5 Å². The molecule has 0 radical (unpaired) electrons. The quantitative estimate of drug-likeness (QED) is 0.593. The molecule has 8 nitrogen and oxygen atoms in total. The van der Waals surface area contributed by atoms with Crippen LogP contribution in [0.3, 0.4) is 0 Å². The molecule has 1 aliphatic rings. The van der Waals surface area contributed by atoms with Crippen molar-refractivity contribution in [2.24, 2.45) is 0 Å².